The minimum Gasteiger partial charge on any atom is -0.479 e. The van der Waals surface area contributed by atoms with Crippen LogP contribution in [0.2, 0.25) is 0 Å². The predicted octanol–water partition coefficient (Wildman–Crippen LogP) is 1.51. The number of carboxylic acids is 1. The van der Waals surface area contributed by atoms with E-state index in [0.29, 0.717) is 32.5 Å². The van der Waals surface area contributed by atoms with Crippen LogP contribution in [0.5, 0.6) is 0 Å². The van der Waals surface area contributed by atoms with E-state index in [0.717, 1.165) is 12.8 Å². The van der Waals surface area contributed by atoms with E-state index in [2.05, 4.69) is 5.32 Å². The summed E-state index contributed by atoms with van der Waals surface area (Å²) in [6.45, 7) is 1.56. The fourth-order valence-electron chi connectivity index (χ4n) is 1.43. The molecule has 3 N–H and O–H groups in total. The molecular formula is C12H19F3N2O4. The molecule has 0 saturated heterocycles. The summed E-state index contributed by atoms with van der Waals surface area (Å²) in [6, 6.07) is -1.18. The van der Waals surface area contributed by atoms with Crippen LogP contribution in [0, 0.1) is 5.92 Å². The SMILES string of the molecule is CC(NC(=O)NCCCOCC1CC1)(C(=O)O)C(F)(F)F. The first-order chi connectivity index (χ1) is 9.67. The Morgan fingerprint density at radius 1 is 1.33 bits per heavy atom. The fourth-order valence-corrected chi connectivity index (χ4v) is 1.43. The maximum atomic E-state index is 12.6. The maximum absolute atomic E-state index is 12.6. The van der Waals surface area contributed by atoms with E-state index in [1.165, 1.54) is 5.32 Å². The van der Waals surface area contributed by atoms with Crippen molar-refractivity contribution in [3.8, 4) is 0 Å². The lowest BCUT2D eigenvalue weighted by Gasteiger charge is -2.28. The van der Waals surface area contributed by atoms with Gasteiger partial charge in [0.2, 0.25) is 5.54 Å². The molecule has 9 heteroatoms. The number of carbonyl (C=O) groups excluding carboxylic acids is 1. The molecule has 0 aliphatic heterocycles. The molecule has 2 amide bonds. The Balaban J connectivity index is 2.25. The summed E-state index contributed by atoms with van der Waals surface area (Å²) >= 11 is 0. The first-order valence-corrected chi connectivity index (χ1v) is 6.60. The number of carbonyl (C=O) groups is 2. The fraction of sp³-hybridized carbons (Fsp3) is 0.833. The molecule has 0 aromatic rings. The maximum Gasteiger partial charge on any atom is 0.422 e. The number of alkyl halides is 3. The second-order valence-corrected chi connectivity index (χ2v) is 5.18. The summed E-state index contributed by atoms with van der Waals surface area (Å²) in [5, 5.41) is 12.2. The smallest absolute Gasteiger partial charge is 0.422 e. The topological polar surface area (TPSA) is 87.7 Å². The summed E-state index contributed by atoms with van der Waals surface area (Å²) < 4.78 is 43.2. The van der Waals surface area contributed by atoms with Crippen LogP contribution < -0.4 is 10.6 Å². The zero-order valence-electron chi connectivity index (χ0n) is 11.6. The lowest BCUT2D eigenvalue weighted by molar-refractivity contribution is -0.203. The summed E-state index contributed by atoms with van der Waals surface area (Å²) in [6.07, 6.45) is -2.34. The number of urea groups is 1. The van der Waals surface area contributed by atoms with E-state index in [1.807, 2.05) is 0 Å². The van der Waals surface area contributed by atoms with Gasteiger partial charge in [0.25, 0.3) is 0 Å². The lowest BCUT2D eigenvalue weighted by atomic mass is 10.0. The highest BCUT2D eigenvalue weighted by Gasteiger charge is 2.58. The molecule has 0 aromatic carbocycles. The van der Waals surface area contributed by atoms with Crippen LogP contribution in [0.3, 0.4) is 0 Å². The highest BCUT2D eigenvalue weighted by atomic mass is 19.4. The number of nitrogens with one attached hydrogen (secondary N) is 2. The molecule has 122 valence electrons. The van der Waals surface area contributed by atoms with Gasteiger partial charge in [0.1, 0.15) is 0 Å². The van der Waals surface area contributed by atoms with Crippen molar-refractivity contribution in [3.05, 3.63) is 0 Å². The van der Waals surface area contributed by atoms with Gasteiger partial charge in [-0.15, -0.1) is 0 Å². The lowest BCUT2D eigenvalue weighted by Crippen LogP contribution is -2.63. The zero-order valence-corrected chi connectivity index (χ0v) is 11.6. The Morgan fingerprint density at radius 3 is 2.43 bits per heavy atom. The Hall–Kier alpha value is -1.51. The Labute approximate surface area is 120 Å². The number of hydrogen-bond donors (Lipinski definition) is 3. The molecule has 1 fully saturated rings. The van der Waals surface area contributed by atoms with Gasteiger partial charge < -0.3 is 20.5 Å². The average molecular weight is 312 g/mol. The molecule has 1 saturated carbocycles. The molecule has 6 nitrogen and oxygen atoms in total. The van der Waals surface area contributed by atoms with Gasteiger partial charge in [0, 0.05) is 19.8 Å². The van der Waals surface area contributed by atoms with E-state index >= 15 is 0 Å². The molecule has 1 atom stereocenters. The molecule has 1 unspecified atom stereocenters. The minimum atomic E-state index is -5.09. The van der Waals surface area contributed by atoms with E-state index in [4.69, 9.17) is 9.84 Å². The molecule has 0 spiro atoms. The van der Waals surface area contributed by atoms with Gasteiger partial charge in [0.05, 0.1) is 0 Å². The van der Waals surface area contributed by atoms with Crippen molar-refractivity contribution >= 4 is 12.0 Å². The number of ether oxygens (including phenoxy) is 1. The van der Waals surface area contributed by atoms with Crippen LogP contribution in [0.15, 0.2) is 0 Å². The van der Waals surface area contributed by atoms with Crippen molar-refractivity contribution in [1.82, 2.24) is 10.6 Å². The van der Waals surface area contributed by atoms with Crippen molar-refractivity contribution < 1.29 is 32.6 Å². The van der Waals surface area contributed by atoms with Crippen molar-refractivity contribution in [3.63, 3.8) is 0 Å². The summed E-state index contributed by atoms with van der Waals surface area (Å²) in [5.41, 5.74) is -3.32. The number of amides is 2. The monoisotopic (exact) mass is 312 g/mol. The standard InChI is InChI=1S/C12H19F3N2O4/c1-11(9(18)19,12(13,14)15)17-10(20)16-5-2-6-21-7-8-3-4-8/h8H,2-7H2,1H3,(H,18,19)(H2,16,17,20). The number of halogens is 3. The highest BCUT2D eigenvalue weighted by molar-refractivity contribution is 5.86. The van der Waals surface area contributed by atoms with E-state index in [9.17, 15) is 22.8 Å². The highest BCUT2D eigenvalue weighted by Crippen LogP contribution is 2.30. The number of carboxylic acid groups (broad SMARTS) is 1. The minimum absolute atomic E-state index is 0.101. The zero-order chi connectivity index (χ0) is 16.1. The van der Waals surface area contributed by atoms with Gasteiger partial charge in [-0.3, -0.25) is 0 Å². The van der Waals surface area contributed by atoms with Crippen molar-refractivity contribution in [2.75, 3.05) is 19.8 Å². The molecule has 0 aromatic heterocycles. The Morgan fingerprint density at radius 2 is 1.95 bits per heavy atom. The molecule has 21 heavy (non-hydrogen) atoms. The largest absolute Gasteiger partial charge is 0.479 e. The third-order valence-corrected chi connectivity index (χ3v) is 3.16. The van der Waals surface area contributed by atoms with E-state index in [-0.39, 0.29) is 6.54 Å². The Kier molecular flexibility index (Phi) is 5.82. The van der Waals surface area contributed by atoms with E-state index < -0.39 is 23.7 Å². The van der Waals surface area contributed by atoms with Gasteiger partial charge in [0.15, 0.2) is 0 Å². The van der Waals surface area contributed by atoms with Crippen molar-refractivity contribution in [2.45, 2.75) is 37.9 Å². The van der Waals surface area contributed by atoms with Crippen LogP contribution in [0.25, 0.3) is 0 Å². The predicted molar refractivity (Wildman–Crippen MR) is 66.8 cm³/mol. The molecule has 0 heterocycles. The van der Waals surface area contributed by atoms with Gasteiger partial charge in [-0.1, -0.05) is 0 Å². The Bertz CT molecular complexity index is 385. The second-order valence-electron chi connectivity index (χ2n) is 5.18. The van der Waals surface area contributed by atoms with Crippen LogP contribution in [0.4, 0.5) is 18.0 Å². The molecule has 1 aliphatic rings. The molecule has 0 radical (unpaired) electrons. The molecule has 1 rings (SSSR count). The van der Waals surface area contributed by atoms with Gasteiger partial charge >= 0.3 is 18.2 Å². The average Bonchev–Trinajstić information content (AvgIpc) is 3.15. The third-order valence-electron chi connectivity index (χ3n) is 3.16. The van der Waals surface area contributed by atoms with Crippen LogP contribution >= 0.6 is 0 Å². The molecular weight excluding hydrogens is 293 g/mol. The van der Waals surface area contributed by atoms with Crippen molar-refractivity contribution in [2.24, 2.45) is 5.92 Å². The van der Waals surface area contributed by atoms with Gasteiger partial charge in [-0.25, -0.2) is 9.59 Å². The summed E-state index contributed by atoms with van der Waals surface area (Å²) in [5.74, 6) is -1.55. The first-order valence-electron chi connectivity index (χ1n) is 6.60. The summed E-state index contributed by atoms with van der Waals surface area (Å²) in [4.78, 5) is 22.0. The van der Waals surface area contributed by atoms with Gasteiger partial charge in [-0.05, 0) is 32.1 Å². The van der Waals surface area contributed by atoms with Gasteiger partial charge in [-0.2, -0.15) is 13.2 Å². The molecule has 1 aliphatic carbocycles. The van der Waals surface area contributed by atoms with Crippen LogP contribution in [0.1, 0.15) is 26.2 Å². The summed E-state index contributed by atoms with van der Waals surface area (Å²) in [7, 11) is 0. The normalized spacial score (nSPS) is 17.9. The first kappa shape index (κ1) is 17.5. The quantitative estimate of drug-likeness (QED) is 0.593. The number of aliphatic carboxylic acids is 1. The number of hydrogen-bond acceptors (Lipinski definition) is 3. The third kappa shape index (κ3) is 5.41. The van der Waals surface area contributed by atoms with E-state index in [1.54, 1.807) is 0 Å². The molecule has 0 bridgehead atoms. The van der Waals surface area contributed by atoms with Crippen molar-refractivity contribution in [1.29, 1.82) is 0 Å². The van der Waals surface area contributed by atoms with Crippen LogP contribution in [-0.4, -0.2) is 48.6 Å². The second kappa shape index (κ2) is 6.97. The number of rotatable bonds is 8. The van der Waals surface area contributed by atoms with Crippen LogP contribution in [-0.2, 0) is 9.53 Å².